The van der Waals surface area contributed by atoms with Crippen molar-refractivity contribution in [2.24, 2.45) is 0 Å². The van der Waals surface area contributed by atoms with Crippen LogP contribution >= 0.6 is 0 Å². The van der Waals surface area contributed by atoms with Crippen LogP contribution in [0.5, 0.6) is 0 Å². The Hall–Kier alpha value is -0.990. The van der Waals surface area contributed by atoms with Crippen molar-refractivity contribution in [2.75, 3.05) is 0 Å². The summed E-state index contributed by atoms with van der Waals surface area (Å²) in [6, 6.07) is 0. The number of hydrogen-bond donors (Lipinski definition) is 3. The Morgan fingerprint density at radius 2 is 1.09 bits per heavy atom. The van der Waals surface area contributed by atoms with Gasteiger partial charge in [-0.3, -0.25) is 0 Å². The summed E-state index contributed by atoms with van der Waals surface area (Å²) < 4.78 is 17.7. The van der Waals surface area contributed by atoms with Crippen LogP contribution in [0.25, 0.3) is 0 Å². The van der Waals surface area contributed by atoms with E-state index in [0.29, 0.717) is 12.0 Å². The average molecular weight is 623 g/mol. The van der Waals surface area contributed by atoms with Crippen molar-refractivity contribution in [1.82, 2.24) is 0 Å². The molecule has 0 unspecified atom stereocenters. The molecule has 0 amide bonds. The number of cyclic esters (lactones) is 1. The summed E-state index contributed by atoms with van der Waals surface area (Å²) in [5.41, 5.74) is 0.617. The first-order valence-electron chi connectivity index (χ1n) is 18.6. The van der Waals surface area contributed by atoms with Gasteiger partial charge in [0.05, 0.1) is 42.7 Å². The van der Waals surface area contributed by atoms with E-state index in [0.717, 1.165) is 77.0 Å². The lowest BCUT2D eigenvalue weighted by Crippen LogP contribution is -2.33. The van der Waals surface area contributed by atoms with Crippen LogP contribution in [0.3, 0.4) is 0 Å². The Kier molecular flexibility index (Phi) is 18.5. The van der Waals surface area contributed by atoms with Crippen LogP contribution in [0.1, 0.15) is 168 Å². The summed E-state index contributed by atoms with van der Waals surface area (Å²) in [7, 11) is 0. The second-order valence-corrected chi connectivity index (χ2v) is 14.0. The van der Waals surface area contributed by atoms with Crippen LogP contribution in [-0.4, -0.2) is 70.1 Å². The molecule has 256 valence electrons. The molecule has 3 N–H and O–H groups in total. The van der Waals surface area contributed by atoms with Gasteiger partial charge in [-0.1, -0.05) is 110 Å². The van der Waals surface area contributed by atoms with Crippen LogP contribution < -0.4 is 0 Å². The molecule has 3 aliphatic heterocycles. The molecule has 2 fully saturated rings. The number of carbonyl (C=O) groups is 1. The number of hydrogen-bond acceptors (Lipinski definition) is 7. The summed E-state index contributed by atoms with van der Waals surface area (Å²) in [6.07, 6.45) is 26.1. The van der Waals surface area contributed by atoms with Crippen molar-refractivity contribution in [3.63, 3.8) is 0 Å². The molecule has 7 heteroatoms. The first-order chi connectivity index (χ1) is 21.4. The third-order valence-electron chi connectivity index (χ3n) is 10.0. The van der Waals surface area contributed by atoms with Crippen molar-refractivity contribution in [3.05, 3.63) is 11.6 Å². The van der Waals surface area contributed by atoms with Gasteiger partial charge in [0.2, 0.25) is 0 Å². The summed E-state index contributed by atoms with van der Waals surface area (Å²) in [6.45, 7) is 4.09. The molecule has 0 aromatic carbocycles. The predicted octanol–water partition coefficient (Wildman–Crippen LogP) is 7.86. The standard InChI is InChI=1S/C37H66O7/c1-3-4-5-6-7-11-14-17-20-31(39)33-22-24-35(43-33)36-25-23-34(44-36)32(40)21-18-15-12-9-8-10-13-16-19-30(38)27-29-26-28(2)42-37(29)41/h26,28,30-36,38-40H,3-25,27H2,1-2H3/t28-,30+,31+,32-,33-,34-,35-,36-/m1/s1. The molecule has 3 heterocycles. The molecule has 2 saturated heterocycles. The molecule has 8 atom stereocenters. The summed E-state index contributed by atoms with van der Waals surface area (Å²) in [5, 5.41) is 31.6. The topological polar surface area (TPSA) is 105 Å². The van der Waals surface area contributed by atoms with Crippen LogP contribution in [-0.2, 0) is 19.0 Å². The molecular weight excluding hydrogens is 556 g/mol. The maximum Gasteiger partial charge on any atom is 0.334 e. The number of unbranched alkanes of at least 4 members (excludes halogenated alkanes) is 14. The quantitative estimate of drug-likeness (QED) is 0.0703. The number of rotatable bonds is 25. The highest BCUT2D eigenvalue weighted by Gasteiger charge is 2.40. The first kappa shape index (κ1) is 37.5. The van der Waals surface area contributed by atoms with Crippen molar-refractivity contribution in [3.8, 4) is 0 Å². The number of carbonyl (C=O) groups excluding carboxylic acids is 1. The maximum atomic E-state index is 11.7. The number of aliphatic hydroxyl groups excluding tert-OH is 3. The van der Waals surface area contributed by atoms with Crippen molar-refractivity contribution in [1.29, 1.82) is 0 Å². The van der Waals surface area contributed by atoms with Crippen molar-refractivity contribution < 1.29 is 34.3 Å². The third-order valence-corrected chi connectivity index (χ3v) is 10.0. The lowest BCUT2D eigenvalue weighted by atomic mass is 10.00. The number of aliphatic hydroxyl groups is 3. The molecule has 3 aliphatic rings. The number of esters is 1. The van der Waals surface area contributed by atoms with Gasteiger partial charge in [-0.05, 0) is 57.9 Å². The van der Waals surface area contributed by atoms with E-state index in [2.05, 4.69) is 6.92 Å². The Labute approximate surface area is 268 Å². The molecule has 0 aromatic rings. The van der Waals surface area contributed by atoms with Crippen LogP contribution in [0.4, 0.5) is 0 Å². The van der Waals surface area contributed by atoms with E-state index < -0.39 is 12.2 Å². The van der Waals surface area contributed by atoms with Gasteiger partial charge in [-0.15, -0.1) is 0 Å². The zero-order valence-corrected chi connectivity index (χ0v) is 28.1. The Morgan fingerprint density at radius 1 is 0.659 bits per heavy atom. The highest BCUT2D eigenvalue weighted by molar-refractivity contribution is 5.90. The van der Waals surface area contributed by atoms with Gasteiger partial charge < -0.3 is 29.5 Å². The van der Waals surface area contributed by atoms with E-state index in [9.17, 15) is 20.1 Å². The van der Waals surface area contributed by atoms with Crippen molar-refractivity contribution in [2.45, 2.75) is 217 Å². The summed E-state index contributed by atoms with van der Waals surface area (Å²) in [5.74, 6) is -0.281. The number of ether oxygens (including phenoxy) is 3. The van der Waals surface area contributed by atoms with Gasteiger partial charge in [-0.25, -0.2) is 4.79 Å². The zero-order chi connectivity index (χ0) is 31.6. The molecule has 7 nitrogen and oxygen atoms in total. The molecule has 0 aliphatic carbocycles. The molecular formula is C37H66O7. The lowest BCUT2D eigenvalue weighted by Gasteiger charge is -2.24. The highest BCUT2D eigenvalue weighted by atomic mass is 16.6. The molecule has 0 bridgehead atoms. The van der Waals surface area contributed by atoms with E-state index >= 15 is 0 Å². The maximum absolute atomic E-state index is 11.7. The third kappa shape index (κ3) is 14.2. The second-order valence-electron chi connectivity index (χ2n) is 14.0. The van der Waals surface area contributed by atoms with E-state index in [1.807, 2.05) is 13.0 Å². The molecule has 0 saturated carbocycles. The fourth-order valence-electron chi connectivity index (χ4n) is 7.28. The van der Waals surface area contributed by atoms with E-state index in [-0.39, 0.29) is 42.6 Å². The van der Waals surface area contributed by atoms with E-state index in [1.54, 1.807) is 0 Å². The zero-order valence-electron chi connectivity index (χ0n) is 28.1. The predicted molar refractivity (Wildman–Crippen MR) is 175 cm³/mol. The van der Waals surface area contributed by atoms with Gasteiger partial charge in [0.15, 0.2) is 0 Å². The lowest BCUT2D eigenvalue weighted by molar-refractivity contribution is -0.139. The fraction of sp³-hybridized carbons (Fsp3) is 0.919. The molecule has 44 heavy (non-hydrogen) atoms. The molecule has 0 aromatic heterocycles. The van der Waals surface area contributed by atoms with E-state index in [4.69, 9.17) is 14.2 Å². The Bertz CT molecular complexity index is 801. The fourth-order valence-corrected chi connectivity index (χ4v) is 7.28. The van der Waals surface area contributed by atoms with Gasteiger partial charge in [0.1, 0.15) is 6.10 Å². The Morgan fingerprint density at radius 3 is 1.52 bits per heavy atom. The van der Waals surface area contributed by atoms with Gasteiger partial charge >= 0.3 is 5.97 Å². The van der Waals surface area contributed by atoms with E-state index in [1.165, 1.54) is 70.6 Å². The largest absolute Gasteiger partial charge is 0.455 e. The monoisotopic (exact) mass is 622 g/mol. The minimum Gasteiger partial charge on any atom is -0.455 e. The van der Waals surface area contributed by atoms with Crippen LogP contribution in [0.2, 0.25) is 0 Å². The average Bonchev–Trinajstić information content (AvgIpc) is 3.75. The van der Waals surface area contributed by atoms with Gasteiger partial charge in [0.25, 0.3) is 0 Å². The molecule has 0 radical (unpaired) electrons. The normalized spacial score (nSPS) is 27.4. The van der Waals surface area contributed by atoms with Crippen molar-refractivity contribution >= 4 is 5.97 Å². The van der Waals surface area contributed by atoms with Crippen LogP contribution in [0, 0.1) is 0 Å². The van der Waals surface area contributed by atoms with Crippen LogP contribution in [0.15, 0.2) is 11.6 Å². The molecule has 0 spiro atoms. The Balaban J connectivity index is 1.13. The minimum absolute atomic E-state index is 0.0519. The smallest absolute Gasteiger partial charge is 0.334 e. The second kappa shape index (κ2) is 21.7. The highest BCUT2D eigenvalue weighted by Crippen LogP contribution is 2.34. The molecule has 3 rings (SSSR count). The minimum atomic E-state index is -0.463. The summed E-state index contributed by atoms with van der Waals surface area (Å²) >= 11 is 0. The first-order valence-corrected chi connectivity index (χ1v) is 18.6. The van der Waals surface area contributed by atoms with Gasteiger partial charge in [0, 0.05) is 12.0 Å². The van der Waals surface area contributed by atoms with Gasteiger partial charge in [-0.2, -0.15) is 0 Å². The SMILES string of the molecule is CCCCCCCCCC[C@H](O)[C@H]1CC[C@H]([C@H]2CC[C@H]([C@H](O)CCCCCCCCCC[C@H](O)CC3=C[C@@H](C)OC3=O)O2)O1. The summed E-state index contributed by atoms with van der Waals surface area (Å²) in [4.78, 5) is 11.7.